The van der Waals surface area contributed by atoms with Crippen molar-refractivity contribution in [1.82, 2.24) is 44.0 Å². The first-order chi connectivity index (χ1) is 29.8. The van der Waals surface area contributed by atoms with E-state index in [9.17, 15) is 0 Å². The van der Waals surface area contributed by atoms with E-state index in [4.69, 9.17) is 24.9 Å². The van der Waals surface area contributed by atoms with Gasteiger partial charge in [-0.15, -0.1) is 0 Å². The fourth-order valence-corrected chi connectivity index (χ4v) is 7.50. The van der Waals surface area contributed by atoms with Gasteiger partial charge in [-0.25, -0.2) is 24.9 Å². The molecule has 9 rings (SSSR count). The SMILES string of the molecule is C/C=C\C=C/c1cnc(-c2cc(-c3nc(-c4ccc(C(C)C)cc4)nc(-c4ccc(C(C)C)cc4)n3)cc(-c3nc4ccccc4n3-c3ccncc3)c2)n1-c1ccncc1. The number of allylic oxidation sites excluding steroid dienone is 3. The Hall–Kier alpha value is -7.65. The first kappa shape index (κ1) is 38.8. The molecule has 0 amide bonds. The molecule has 0 N–H and O–H groups in total. The summed E-state index contributed by atoms with van der Waals surface area (Å²) in [6.07, 6.45) is 17.2. The van der Waals surface area contributed by atoms with Gasteiger partial charge in [-0.05, 0) is 90.6 Å². The second kappa shape index (κ2) is 16.9. The van der Waals surface area contributed by atoms with E-state index in [0.717, 1.165) is 67.6 Å². The van der Waals surface area contributed by atoms with Crippen LogP contribution in [0.1, 0.15) is 63.3 Å². The zero-order valence-corrected chi connectivity index (χ0v) is 34.8. The molecule has 298 valence electrons. The second-order valence-electron chi connectivity index (χ2n) is 15.6. The lowest BCUT2D eigenvalue weighted by atomic mass is 10.0. The van der Waals surface area contributed by atoms with Crippen LogP contribution in [0.5, 0.6) is 0 Å². The average molecular weight is 796 g/mol. The summed E-state index contributed by atoms with van der Waals surface area (Å²) < 4.78 is 4.32. The molecule has 0 spiro atoms. The molecule has 9 aromatic rings. The fraction of sp³-hybridized carbons (Fsp3) is 0.135. The maximum absolute atomic E-state index is 5.27. The largest absolute Gasteiger partial charge is 0.293 e. The molecule has 4 aromatic carbocycles. The van der Waals surface area contributed by atoms with E-state index in [-0.39, 0.29) is 0 Å². The number of nitrogens with zero attached hydrogens (tertiary/aromatic N) is 9. The standard InChI is InChI=1S/C52H45N9/c1-6-7-8-11-45-33-55-51(60(45)43-22-26-53-27-23-43)41-30-40(31-42(32-41)52-56-46-12-9-10-13-47(46)61(52)44-24-28-54-29-25-44)50-58-48(38-18-14-36(15-19-38)34(2)3)57-49(59-50)39-20-16-37(17-21-39)35(4)5/h6-35H,1-5H3/b7-6-,11-8-. The van der Waals surface area contributed by atoms with Gasteiger partial charge in [0.2, 0.25) is 0 Å². The highest BCUT2D eigenvalue weighted by atomic mass is 15.1. The minimum Gasteiger partial charge on any atom is -0.293 e. The first-order valence-corrected chi connectivity index (χ1v) is 20.6. The summed E-state index contributed by atoms with van der Waals surface area (Å²) in [5.41, 5.74) is 11.5. The van der Waals surface area contributed by atoms with E-state index in [2.05, 4.69) is 126 Å². The molecule has 0 atom stereocenters. The van der Waals surface area contributed by atoms with Gasteiger partial charge in [-0.3, -0.25) is 19.1 Å². The lowest BCUT2D eigenvalue weighted by molar-refractivity contribution is 0.866. The summed E-state index contributed by atoms with van der Waals surface area (Å²) >= 11 is 0. The van der Waals surface area contributed by atoms with Crippen molar-refractivity contribution in [2.24, 2.45) is 0 Å². The number of hydrogen-bond acceptors (Lipinski definition) is 7. The Kier molecular flexibility index (Phi) is 10.8. The molecule has 0 aliphatic heterocycles. The van der Waals surface area contributed by atoms with Crippen LogP contribution in [0.15, 0.2) is 164 Å². The Labute approximate surface area is 356 Å². The Bertz CT molecular complexity index is 2940. The quantitative estimate of drug-likeness (QED) is 0.120. The zero-order chi connectivity index (χ0) is 41.9. The van der Waals surface area contributed by atoms with Crippen molar-refractivity contribution < 1.29 is 0 Å². The molecule has 0 saturated heterocycles. The third-order valence-electron chi connectivity index (χ3n) is 10.8. The van der Waals surface area contributed by atoms with Gasteiger partial charge >= 0.3 is 0 Å². The lowest BCUT2D eigenvalue weighted by Gasteiger charge is -2.15. The summed E-state index contributed by atoms with van der Waals surface area (Å²) in [6.45, 7) is 10.8. The van der Waals surface area contributed by atoms with E-state index < -0.39 is 0 Å². The van der Waals surface area contributed by atoms with Crippen molar-refractivity contribution in [3.8, 4) is 68.3 Å². The predicted molar refractivity (Wildman–Crippen MR) is 246 cm³/mol. The average Bonchev–Trinajstić information content (AvgIpc) is 3.92. The molecule has 0 unspecified atom stereocenters. The molecule has 5 heterocycles. The zero-order valence-electron chi connectivity index (χ0n) is 34.8. The molecule has 0 bridgehead atoms. The molecule has 0 aliphatic carbocycles. The van der Waals surface area contributed by atoms with Crippen LogP contribution in [-0.2, 0) is 0 Å². The molecule has 0 aliphatic rings. The molecule has 61 heavy (non-hydrogen) atoms. The smallest absolute Gasteiger partial charge is 0.164 e. The highest BCUT2D eigenvalue weighted by molar-refractivity contribution is 5.86. The topological polar surface area (TPSA) is 100 Å². The molecule has 5 aromatic heterocycles. The van der Waals surface area contributed by atoms with E-state index in [1.807, 2.05) is 73.8 Å². The van der Waals surface area contributed by atoms with Crippen LogP contribution >= 0.6 is 0 Å². The predicted octanol–water partition coefficient (Wildman–Crippen LogP) is 12.4. The number of rotatable bonds is 11. The number of pyridine rings is 2. The second-order valence-corrected chi connectivity index (χ2v) is 15.6. The summed E-state index contributed by atoms with van der Waals surface area (Å²) in [4.78, 5) is 34.6. The van der Waals surface area contributed by atoms with Crippen LogP contribution < -0.4 is 0 Å². The van der Waals surface area contributed by atoms with Crippen molar-refractivity contribution in [2.75, 3.05) is 0 Å². The summed E-state index contributed by atoms with van der Waals surface area (Å²) in [7, 11) is 0. The first-order valence-electron chi connectivity index (χ1n) is 20.6. The minimum absolute atomic E-state index is 0.398. The monoisotopic (exact) mass is 795 g/mol. The van der Waals surface area contributed by atoms with Crippen molar-refractivity contribution in [3.05, 3.63) is 181 Å². The molecule has 0 fully saturated rings. The highest BCUT2D eigenvalue weighted by Gasteiger charge is 2.21. The lowest BCUT2D eigenvalue weighted by Crippen LogP contribution is -2.03. The molecule has 0 saturated carbocycles. The van der Waals surface area contributed by atoms with Crippen molar-refractivity contribution in [2.45, 2.75) is 46.5 Å². The third-order valence-corrected chi connectivity index (χ3v) is 10.8. The van der Waals surface area contributed by atoms with E-state index in [1.165, 1.54) is 11.1 Å². The normalized spacial score (nSPS) is 11.9. The van der Waals surface area contributed by atoms with Gasteiger partial charge in [-0.2, -0.15) is 0 Å². The summed E-state index contributed by atoms with van der Waals surface area (Å²) in [6, 6.07) is 39.6. The van der Waals surface area contributed by atoms with Crippen molar-refractivity contribution in [1.29, 1.82) is 0 Å². The van der Waals surface area contributed by atoms with Gasteiger partial charge in [0.1, 0.15) is 11.6 Å². The number of benzene rings is 4. The maximum Gasteiger partial charge on any atom is 0.164 e. The van der Waals surface area contributed by atoms with Gasteiger partial charge < -0.3 is 0 Å². The Morgan fingerprint density at radius 1 is 0.492 bits per heavy atom. The van der Waals surface area contributed by atoms with Crippen LogP contribution in [-0.4, -0.2) is 44.0 Å². The number of para-hydroxylation sites is 2. The van der Waals surface area contributed by atoms with Crippen LogP contribution in [0, 0.1) is 0 Å². The molecule has 9 heteroatoms. The number of hydrogen-bond donors (Lipinski definition) is 0. The van der Waals surface area contributed by atoms with Crippen LogP contribution in [0.3, 0.4) is 0 Å². The Balaban J connectivity index is 1.32. The van der Waals surface area contributed by atoms with Gasteiger partial charge in [0, 0.05) is 52.6 Å². The van der Waals surface area contributed by atoms with Crippen LogP contribution in [0.4, 0.5) is 0 Å². The third kappa shape index (κ3) is 7.93. The van der Waals surface area contributed by atoms with E-state index in [0.29, 0.717) is 29.3 Å². The number of imidazole rings is 2. The van der Waals surface area contributed by atoms with E-state index >= 15 is 0 Å². The number of aromatic nitrogens is 9. The number of fused-ring (bicyclic) bond motifs is 1. The van der Waals surface area contributed by atoms with Gasteiger partial charge in [0.15, 0.2) is 17.5 Å². The summed E-state index contributed by atoms with van der Waals surface area (Å²) in [5, 5.41) is 0. The van der Waals surface area contributed by atoms with Gasteiger partial charge in [-0.1, -0.05) is 107 Å². The summed E-state index contributed by atoms with van der Waals surface area (Å²) in [5.74, 6) is 4.01. The minimum atomic E-state index is 0.398. The maximum atomic E-state index is 5.27. The van der Waals surface area contributed by atoms with E-state index in [1.54, 1.807) is 24.8 Å². The highest BCUT2D eigenvalue weighted by Crippen LogP contribution is 2.37. The van der Waals surface area contributed by atoms with Gasteiger partial charge in [0.25, 0.3) is 0 Å². The molecule has 0 radical (unpaired) electrons. The fourth-order valence-electron chi connectivity index (χ4n) is 7.50. The molecule has 9 nitrogen and oxygen atoms in total. The molecular weight excluding hydrogens is 751 g/mol. The molecular formula is C52H45N9. The van der Waals surface area contributed by atoms with Crippen LogP contribution in [0.2, 0.25) is 0 Å². The van der Waals surface area contributed by atoms with Crippen LogP contribution in [0.25, 0.3) is 85.4 Å². The van der Waals surface area contributed by atoms with Crippen molar-refractivity contribution in [3.63, 3.8) is 0 Å². The Morgan fingerprint density at radius 3 is 1.56 bits per heavy atom. The van der Waals surface area contributed by atoms with Gasteiger partial charge in [0.05, 0.1) is 34.3 Å². The Morgan fingerprint density at radius 2 is 1.00 bits per heavy atom. The van der Waals surface area contributed by atoms with Crippen molar-refractivity contribution >= 4 is 17.1 Å².